The van der Waals surface area contributed by atoms with Crippen LogP contribution in [0.2, 0.25) is 0 Å². The van der Waals surface area contributed by atoms with Crippen LogP contribution in [-0.2, 0) is 47.5 Å². The summed E-state index contributed by atoms with van der Waals surface area (Å²) in [5.41, 5.74) is 0. The zero-order chi connectivity index (χ0) is 43.1. The molecular weight excluding hydrogens is 759 g/mol. The largest absolute Gasteiger partial charge is 0.481 e. The first-order valence-corrected chi connectivity index (χ1v) is 23.4. The lowest BCUT2D eigenvalue weighted by Gasteiger charge is -2.28. The van der Waals surface area contributed by atoms with Crippen LogP contribution in [0.15, 0.2) is 12.2 Å². The molecule has 0 spiro atoms. The number of hydrogen-bond acceptors (Lipinski definition) is 11. The highest BCUT2D eigenvalue weighted by atomic mass is 16.6. The molecule has 0 aliphatic rings. The van der Waals surface area contributed by atoms with Gasteiger partial charge in [0.25, 0.3) is 5.91 Å². The summed E-state index contributed by atoms with van der Waals surface area (Å²) in [6.07, 6.45) is 25.5. The molecule has 0 aromatic rings. The highest BCUT2D eigenvalue weighted by Gasteiger charge is 2.25. The second-order valence-corrected chi connectivity index (χ2v) is 15.1. The van der Waals surface area contributed by atoms with Crippen LogP contribution in [0.1, 0.15) is 162 Å². The second-order valence-electron chi connectivity index (χ2n) is 15.1. The minimum absolute atomic E-state index is 0.000398. The lowest BCUT2D eigenvalue weighted by atomic mass is 10.1. The number of carboxylic acids is 1. The van der Waals surface area contributed by atoms with Gasteiger partial charge in [0.05, 0.1) is 66.1 Å². The highest BCUT2D eigenvalue weighted by Crippen LogP contribution is 2.12. The summed E-state index contributed by atoms with van der Waals surface area (Å²) in [5, 5.41) is 17.6. The van der Waals surface area contributed by atoms with Crippen LogP contribution in [0, 0.1) is 0 Å². The van der Waals surface area contributed by atoms with E-state index in [0.29, 0.717) is 98.6 Å². The molecule has 0 aromatic heterocycles. The first-order valence-electron chi connectivity index (χ1n) is 23.4. The van der Waals surface area contributed by atoms with Gasteiger partial charge < -0.3 is 48.3 Å². The SMILES string of the molecule is CCCCCC/C=C\COC(=O)CCCCCCCOC(COCCCCCCCC(=O)O)C(=O)N(CCCCCCCC)CCOCCOCCOCCOCCO. The fourth-order valence-corrected chi connectivity index (χ4v) is 6.23. The van der Waals surface area contributed by atoms with Crippen LogP contribution >= 0.6 is 0 Å². The monoisotopic (exact) mass is 846 g/mol. The maximum absolute atomic E-state index is 14.0. The topological polar surface area (TPSA) is 160 Å². The number of carboxylic acid groups (broad SMARTS) is 1. The Morgan fingerprint density at radius 1 is 0.525 bits per heavy atom. The van der Waals surface area contributed by atoms with Gasteiger partial charge in [0.15, 0.2) is 6.10 Å². The van der Waals surface area contributed by atoms with E-state index < -0.39 is 12.1 Å². The van der Waals surface area contributed by atoms with Gasteiger partial charge in [0.1, 0.15) is 6.61 Å². The van der Waals surface area contributed by atoms with E-state index in [2.05, 4.69) is 19.9 Å². The summed E-state index contributed by atoms with van der Waals surface area (Å²) in [6.45, 7) is 10.3. The molecule has 0 bridgehead atoms. The molecule has 348 valence electrons. The van der Waals surface area contributed by atoms with E-state index in [1.54, 1.807) is 0 Å². The average Bonchev–Trinajstić information content (AvgIpc) is 3.23. The van der Waals surface area contributed by atoms with Crippen molar-refractivity contribution in [2.24, 2.45) is 0 Å². The lowest BCUT2D eigenvalue weighted by molar-refractivity contribution is -0.149. The van der Waals surface area contributed by atoms with Crippen molar-refractivity contribution in [2.75, 3.05) is 99.0 Å². The molecule has 0 aliphatic heterocycles. The van der Waals surface area contributed by atoms with Crippen molar-refractivity contribution in [3.05, 3.63) is 12.2 Å². The Morgan fingerprint density at radius 3 is 1.68 bits per heavy atom. The molecule has 1 atom stereocenters. The van der Waals surface area contributed by atoms with Gasteiger partial charge in [-0.15, -0.1) is 0 Å². The van der Waals surface area contributed by atoms with Crippen molar-refractivity contribution < 1.29 is 57.8 Å². The quantitative estimate of drug-likeness (QED) is 0.0342. The van der Waals surface area contributed by atoms with E-state index in [1.165, 1.54) is 44.9 Å². The van der Waals surface area contributed by atoms with Crippen molar-refractivity contribution in [1.29, 1.82) is 0 Å². The number of aliphatic hydroxyl groups excluding tert-OH is 1. The first-order chi connectivity index (χ1) is 29.0. The third-order valence-corrected chi connectivity index (χ3v) is 9.75. The van der Waals surface area contributed by atoms with Crippen LogP contribution in [0.4, 0.5) is 0 Å². The zero-order valence-corrected chi connectivity index (χ0v) is 37.5. The fraction of sp³-hybridized carbons (Fsp3) is 0.891. The van der Waals surface area contributed by atoms with Gasteiger partial charge >= 0.3 is 11.9 Å². The minimum Gasteiger partial charge on any atom is -0.481 e. The van der Waals surface area contributed by atoms with Gasteiger partial charge in [-0.25, -0.2) is 0 Å². The number of unbranched alkanes of at least 4 members (excludes halogenated alkanes) is 17. The molecule has 0 saturated heterocycles. The number of aliphatic hydroxyl groups is 1. The third-order valence-electron chi connectivity index (χ3n) is 9.75. The molecule has 0 saturated carbocycles. The molecule has 0 aromatic carbocycles. The minimum atomic E-state index is -0.755. The number of hydrogen-bond donors (Lipinski definition) is 2. The van der Waals surface area contributed by atoms with Crippen molar-refractivity contribution in [1.82, 2.24) is 4.90 Å². The van der Waals surface area contributed by atoms with Crippen molar-refractivity contribution in [3.8, 4) is 0 Å². The predicted octanol–water partition coefficient (Wildman–Crippen LogP) is 8.47. The van der Waals surface area contributed by atoms with Crippen molar-refractivity contribution in [2.45, 2.75) is 168 Å². The molecule has 2 N–H and O–H groups in total. The molecule has 13 nitrogen and oxygen atoms in total. The van der Waals surface area contributed by atoms with Gasteiger partial charge in [0.2, 0.25) is 0 Å². The Labute approximate surface area is 358 Å². The normalized spacial score (nSPS) is 12.1. The van der Waals surface area contributed by atoms with Gasteiger partial charge in [-0.2, -0.15) is 0 Å². The molecule has 1 amide bonds. The van der Waals surface area contributed by atoms with Gasteiger partial charge in [0, 0.05) is 39.1 Å². The van der Waals surface area contributed by atoms with E-state index in [-0.39, 0.29) is 31.5 Å². The summed E-state index contributed by atoms with van der Waals surface area (Å²) in [6, 6.07) is 0. The summed E-state index contributed by atoms with van der Waals surface area (Å²) < 4.78 is 39.6. The fourth-order valence-electron chi connectivity index (χ4n) is 6.23. The predicted molar refractivity (Wildman–Crippen MR) is 233 cm³/mol. The number of allylic oxidation sites excluding steroid dienone is 1. The molecule has 0 heterocycles. The zero-order valence-electron chi connectivity index (χ0n) is 37.5. The molecule has 0 fully saturated rings. The third kappa shape index (κ3) is 42.4. The molecule has 0 rings (SSSR count). The highest BCUT2D eigenvalue weighted by molar-refractivity contribution is 5.81. The number of nitrogens with zero attached hydrogens (tertiary/aromatic N) is 1. The van der Waals surface area contributed by atoms with E-state index in [1.807, 2.05) is 11.0 Å². The Kier molecular flexibility index (Phi) is 45.2. The van der Waals surface area contributed by atoms with Gasteiger partial charge in [-0.3, -0.25) is 14.4 Å². The maximum Gasteiger partial charge on any atom is 0.306 e. The number of esters is 1. The van der Waals surface area contributed by atoms with Crippen LogP contribution in [0.5, 0.6) is 0 Å². The van der Waals surface area contributed by atoms with Crippen LogP contribution < -0.4 is 0 Å². The lowest BCUT2D eigenvalue weighted by Crippen LogP contribution is -2.45. The second kappa shape index (κ2) is 46.9. The number of carbonyl (C=O) groups excluding carboxylic acids is 2. The summed E-state index contributed by atoms with van der Waals surface area (Å²) in [7, 11) is 0. The van der Waals surface area contributed by atoms with E-state index in [4.69, 9.17) is 43.4 Å². The summed E-state index contributed by atoms with van der Waals surface area (Å²) in [4.78, 5) is 38.7. The summed E-state index contributed by atoms with van der Waals surface area (Å²) in [5.74, 6) is -0.973. The number of amides is 1. The van der Waals surface area contributed by atoms with Gasteiger partial charge in [-0.05, 0) is 44.9 Å². The smallest absolute Gasteiger partial charge is 0.306 e. The van der Waals surface area contributed by atoms with Crippen molar-refractivity contribution >= 4 is 17.8 Å². The number of ether oxygens (including phenoxy) is 7. The molecule has 59 heavy (non-hydrogen) atoms. The molecule has 0 radical (unpaired) electrons. The molecule has 0 aliphatic carbocycles. The summed E-state index contributed by atoms with van der Waals surface area (Å²) >= 11 is 0. The van der Waals surface area contributed by atoms with Crippen LogP contribution in [-0.4, -0.2) is 138 Å². The molecule has 1 unspecified atom stereocenters. The van der Waals surface area contributed by atoms with Gasteiger partial charge in [-0.1, -0.05) is 116 Å². The number of carbonyl (C=O) groups is 3. The number of rotatable bonds is 48. The van der Waals surface area contributed by atoms with Crippen molar-refractivity contribution in [3.63, 3.8) is 0 Å². The standard InChI is InChI=1S/C46H87NO12/c1-3-5-7-9-11-18-25-33-59-45(51)27-21-15-13-19-24-32-58-43(42-57-31-23-17-12-14-20-26-44(49)50)46(52)47(28-22-16-10-8-6-4-2)29-34-53-36-38-55-40-41-56-39-37-54-35-30-48/h18,25,43,48H,3-17,19-24,26-42H2,1-2H3,(H,49,50)/b25-18-. The Bertz CT molecular complexity index is 953. The Hall–Kier alpha value is -2.13. The first kappa shape index (κ1) is 56.9. The van der Waals surface area contributed by atoms with E-state index in [9.17, 15) is 14.4 Å². The molecular formula is C46H87NO12. The maximum atomic E-state index is 14.0. The molecule has 13 heteroatoms. The Morgan fingerprint density at radius 2 is 1.05 bits per heavy atom. The Balaban J connectivity index is 4.85. The van der Waals surface area contributed by atoms with Crippen LogP contribution in [0.3, 0.4) is 0 Å². The average molecular weight is 846 g/mol. The van der Waals surface area contributed by atoms with E-state index in [0.717, 1.165) is 83.5 Å². The number of aliphatic carboxylic acids is 1. The van der Waals surface area contributed by atoms with Crippen LogP contribution in [0.25, 0.3) is 0 Å². The van der Waals surface area contributed by atoms with E-state index >= 15 is 0 Å².